The SMILES string of the molecule is O=C(CSc1nnc(-c2ccco2)n1-c1ccccc1)Nc1ccc(N2CCOCC2)cc1. The first-order valence-electron chi connectivity index (χ1n) is 10.7. The fourth-order valence-electron chi connectivity index (χ4n) is 3.64. The normalized spacial score (nSPS) is 13.8. The van der Waals surface area contributed by atoms with Crippen molar-refractivity contribution in [1.29, 1.82) is 0 Å². The molecule has 0 spiro atoms. The lowest BCUT2D eigenvalue weighted by Gasteiger charge is -2.28. The van der Waals surface area contributed by atoms with Crippen molar-refractivity contribution in [2.75, 3.05) is 42.3 Å². The van der Waals surface area contributed by atoms with Crippen LogP contribution in [0.3, 0.4) is 0 Å². The quantitative estimate of drug-likeness (QED) is 0.415. The molecule has 0 saturated carbocycles. The Bertz CT molecular complexity index is 1190. The third-order valence-corrected chi connectivity index (χ3v) is 6.18. The van der Waals surface area contributed by atoms with E-state index in [9.17, 15) is 4.79 Å². The van der Waals surface area contributed by atoms with E-state index in [-0.39, 0.29) is 11.7 Å². The van der Waals surface area contributed by atoms with Gasteiger partial charge >= 0.3 is 0 Å². The number of carbonyl (C=O) groups excluding carboxylic acids is 1. The third kappa shape index (κ3) is 4.94. The number of furan rings is 1. The summed E-state index contributed by atoms with van der Waals surface area (Å²) in [6, 6.07) is 21.3. The first kappa shape index (κ1) is 21.3. The second kappa shape index (κ2) is 9.93. The summed E-state index contributed by atoms with van der Waals surface area (Å²) in [5.41, 5.74) is 2.79. The fraction of sp³-hybridized carbons (Fsp3) is 0.208. The van der Waals surface area contributed by atoms with Gasteiger partial charge in [0.1, 0.15) is 0 Å². The summed E-state index contributed by atoms with van der Waals surface area (Å²) < 4.78 is 12.8. The number of anilines is 2. The summed E-state index contributed by atoms with van der Waals surface area (Å²) in [6.07, 6.45) is 1.60. The van der Waals surface area contributed by atoms with Crippen molar-refractivity contribution in [3.8, 4) is 17.3 Å². The number of amides is 1. The smallest absolute Gasteiger partial charge is 0.234 e. The molecule has 9 heteroatoms. The maximum atomic E-state index is 12.6. The largest absolute Gasteiger partial charge is 0.461 e. The minimum absolute atomic E-state index is 0.110. The van der Waals surface area contributed by atoms with Crippen molar-refractivity contribution in [2.24, 2.45) is 0 Å². The van der Waals surface area contributed by atoms with Crippen LogP contribution in [-0.2, 0) is 9.53 Å². The zero-order valence-electron chi connectivity index (χ0n) is 17.9. The van der Waals surface area contributed by atoms with Crippen LogP contribution in [-0.4, -0.2) is 52.7 Å². The molecule has 0 radical (unpaired) electrons. The molecule has 3 heterocycles. The Morgan fingerprint density at radius 3 is 2.45 bits per heavy atom. The van der Waals surface area contributed by atoms with Crippen LogP contribution in [0.5, 0.6) is 0 Å². The van der Waals surface area contributed by atoms with Gasteiger partial charge in [-0.2, -0.15) is 0 Å². The number of thioether (sulfide) groups is 1. The zero-order chi connectivity index (χ0) is 22.5. The van der Waals surface area contributed by atoms with Gasteiger partial charge in [-0.15, -0.1) is 10.2 Å². The van der Waals surface area contributed by atoms with Gasteiger partial charge in [0.05, 0.1) is 25.2 Å². The van der Waals surface area contributed by atoms with Gasteiger partial charge in [0, 0.05) is 30.2 Å². The number of hydrogen-bond acceptors (Lipinski definition) is 7. The molecular weight excluding hydrogens is 438 g/mol. The fourth-order valence-corrected chi connectivity index (χ4v) is 4.39. The van der Waals surface area contributed by atoms with Crippen LogP contribution >= 0.6 is 11.8 Å². The lowest BCUT2D eigenvalue weighted by atomic mass is 10.2. The first-order valence-corrected chi connectivity index (χ1v) is 11.7. The number of rotatable bonds is 7. The van der Waals surface area contributed by atoms with Gasteiger partial charge in [-0.1, -0.05) is 30.0 Å². The van der Waals surface area contributed by atoms with Crippen molar-refractivity contribution in [3.63, 3.8) is 0 Å². The Morgan fingerprint density at radius 1 is 0.939 bits per heavy atom. The molecule has 1 aliphatic heterocycles. The molecule has 0 atom stereocenters. The lowest BCUT2D eigenvalue weighted by Crippen LogP contribution is -2.36. The monoisotopic (exact) mass is 461 g/mol. The summed E-state index contributed by atoms with van der Waals surface area (Å²) in [7, 11) is 0. The lowest BCUT2D eigenvalue weighted by molar-refractivity contribution is -0.113. The molecule has 2 aromatic carbocycles. The van der Waals surface area contributed by atoms with Crippen LogP contribution in [0, 0.1) is 0 Å². The van der Waals surface area contributed by atoms with E-state index in [1.165, 1.54) is 11.8 Å². The minimum Gasteiger partial charge on any atom is -0.461 e. The Hall–Kier alpha value is -3.56. The second-order valence-electron chi connectivity index (χ2n) is 7.44. The number of carbonyl (C=O) groups is 1. The van der Waals surface area contributed by atoms with Gasteiger partial charge in [0.25, 0.3) is 0 Å². The van der Waals surface area contributed by atoms with Gasteiger partial charge < -0.3 is 19.4 Å². The molecular formula is C24H23N5O3S. The molecule has 1 aliphatic rings. The van der Waals surface area contributed by atoms with E-state index in [2.05, 4.69) is 20.4 Å². The number of morpholine rings is 1. The van der Waals surface area contributed by atoms with Crippen LogP contribution in [0.1, 0.15) is 0 Å². The summed E-state index contributed by atoms with van der Waals surface area (Å²) in [5, 5.41) is 12.2. The molecule has 1 saturated heterocycles. The Morgan fingerprint density at radius 2 is 1.73 bits per heavy atom. The maximum absolute atomic E-state index is 12.6. The van der Waals surface area contributed by atoms with E-state index >= 15 is 0 Å². The van der Waals surface area contributed by atoms with E-state index in [0.717, 1.165) is 43.4 Å². The van der Waals surface area contributed by atoms with E-state index < -0.39 is 0 Å². The number of hydrogen-bond donors (Lipinski definition) is 1. The average molecular weight is 462 g/mol. The number of ether oxygens (including phenoxy) is 1. The highest BCUT2D eigenvalue weighted by Crippen LogP contribution is 2.28. The van der Waals surface area contributed by atoms with E-state index in [1.54, 1.807) is 6.26 Å². The maximum Gasteiger partial charge on any atom is 0.234 e. The van der Waals surface area contributed by atoms with Crippen molar-refractivity contribution < 1.29 is 13.9 Å². The molecule has 0 aliphatic carbocycles. The van der Waals surface area contributed by atoms with Crippen molar-refractivity contribution in [2.45, 2.75) is 5.16 Å². The van der Waals surface area contributed by atoms with Crippen LogP contribution in [0.25, 0.3) is 17.3 Å². The molecule has 1 N–H and O–H groups in total. The van der Waals surface area contributed by atoms with Gasteiger partial charge in [0.15, 0.2) is 10.9 Å². The number of para-hydroxylation sites is 1. The highest BCUT2D eigenvalue weighted by atomic mass is 32.2. The highest BCUT2D eigenvalue weighted by Gasteiger charge is 2.19. The number of aromatic nitrogens is 3. The Kier molecular flexibility index (Phi) is 6.41. The summed E-state index contributed by atoms with van der Waals surface area (Å²) in [5.74, 6) is 1.30. The second-order valence-corrected chi connectivity index (χ2v) is 8.38. The zero-order valence-corrected chi connectivity index (χ0v) is 18.7. The Balaban J connectivity index is 1.26. The average Bonchev–Trinajstić information content (AvgIpc) is 3.54. The van der Waals surface area contributed by atoms with E-state index in [0.29, 0.717) is 16.7 Å². The Labute approximate surface area is 195 Å². The van der Waals surface area contributed by atoms with Gasteiger partial charge in [0.2, 0.25) is 11.7 Å². The van der Waals surface area contributed by atoms with Crippen LogP contribution in [0.15, 0.2) is 82.6 Å². The summed E-state index contributed by atoms with van der Waals surface area (Å²) >= 11 is 1.33. The van der Waals surface area contributed by atoms with Gasteiger partial charge in [-0.25, -0.2) is 0 Å². The summed E-state index contributed by atoms with van der Waals surface area (Å²) in [4.78, 5) is 14.9. The van der Waals surface area contributed by atoms with E-state index in [4.69, 9.17) is 9.15 Å². The topological polar surface area (TPSA) is 85.4 Å². The van der Waals surface area contributed by atoms with Crippen molar-refractivity contribution in [1.82, 2.24) is 14.8 Å². The molecule has 2 aromatic heterocycles. The standard InChI is InChI=1S/C24H23N5O3S/c30-22(25-18-8-10-19(11-9-18)28-12-15-31-16-13-28)17-33-24-27-26-23(21-7-4-14-32-21)29(24)20-5-2-1-3-6-20/h1-11,14H,12-13,15-17H2,(H,25,30). The van der Waals surface area contributed by atoms with Crippen LogP contribution in [0.2, 0.25) is 0 Å². The molecule has 33 heavy (non-hydrogen) atoms. The predicted octanol–water partition coefficient (Wildman–Crippen LogP) is 4.09. The van der Waals surface area contributed by atoms with Crippen molar-refractivity contribution in [3.05, 3.63) is 73.0 Å². The molecule has 4 aromatic rings. The van der Waals surface area contributed by atoms with E-state index in [1.807, 2.05) is 71.3 Å². The molecule has 5 rings (SSSR count). The summed E-state index contributed by atoms with van der Waals surface area (Å²) in [6.45, 7) is 3.24. The highest BCUT2D eigenvalue weighted by molar-refractivity contribution is 7.99. The van der Waals surface area contributed by atoms with Crippen LogP contribution in [0.4, 0.5) is 11.4 Å². The van der Waals surface area contributed by atoms with Gasteiger partial charge in [-0.3, -0.25) is 9.36 Å². The first-order chi connectivity index (χ1) is 16.3. The molecule has 8 nitrogen and oxygen atoms in total. The number of nitrogens with one attached hydrogen (secondary N) is 1. The van der Waals surface area contributed by atoms with Crippen LogP contribution < -0.4 is 10.2 Å². The third-order valence-electron chi connectivity index (χ3n) is 5.25. The number of nitrogens with zero attached hydrogens (tertiary/aromatic N) is 4. The van der Waals surface area contributed by atoms with Crippen molar-refractivity contribution >= 4 is 29.0 Å². The molecule has 1 amide bonds. The molecule has 0 unspecified atom stereocenters. The van der Waals surface area contributed by atoms with Gasteiger partial charge in [-0.05, 0) is 48.5 Å². The molecule has 168 valence electrons. The molecule has 0 bridgehead atoms. The number of benzene rings is 2. The predicted molar refractivity (Wildman–Crippen MR) is 128 cm³/mol. The minimum atomic E-state index is -0.110. The molecule has 1 fully saturated rings.